The van der Waals surface area contributed by atoms with E-state index in [-0.39, 0.29) is 11.9 Å². The maximum absolute atomic E-state index is 13.2. The van der Waals surface area contributed by atoms with E-state index >= 15 is 0 Å². The smallest absolute Gasteiger partial charge is 0.243 e. The van der Waals surface area contributed by atoms with Crippen LogP contribution < -0.4 is 5.32 Å². The van der Waals surface area contributed by atoms with Gasteiger partial charge in [-0.2, -0.15) is 0 Å². The van der Waals surface area contributed by atoms with E-state index in [1.165, 1.54) is 17.7 Å². The molecule has 5 nitrogen and oxygen atoms in total. The number of hydrogen-bond acceptors (Lipinski definition) is 4. The first-order valence-electron chi connectivity index (χ1n) is 9.23. The number of nitrogens with one attached hydrogen (secondary N) is 1. The number of rotatable bonds is 6. The Labute approximate surface area is 153 Å². The Morgan fingerprint density at radius 2 is 2.28 bits per heavy atom. The Hall–Kier alpha value is -1.66. The highest BCUT2D eigenvalue weighted by atomic mass is 32.1. The molecule has 1 N–H and O–H groups in total. The summed E-state index contributed by atoms with van der Waals surface area (Å²) in [5.41, 5.74) is 2.20. The molecule has 1 amide bonds. The molecule has 0 radical (unpaired) electrons. The lowest BCUT2D eigenvalue weighted by atomic mass is 10.0. The van der Waals surface area contributed by atoms with Gasteiger partial charge in [0.25, 0.3) is 0 Å². The van der Waals surface area contributed by atoms with E-state index in [1.807, 2.05) is 17.8 Å². The Balaban J connectivity index is 1.60. The summed E-state index contributed by atoms with van der Waals surface area (Å²) in [6, 6.07) is 4.19. The van der Waals surface area contributed by atoms with Crippen LogP contribution in [0.3, 0.4) is 0 Å². The van der Waals surface area contributed by atoms with Crippen LogP contribution in [0.5, 0.6) is 0 Å². The van der Waals surface area contributed by atoms with E-state index in [1.54, 1.807) is 11.3 Å². The van der Waals surface area contributed by atoms with Crippen molar-refractivity contribution in [1.82, 2.24) is 19.8 Å². The van der Waals surface area contributed by atoms with Crippen molar-refractivity contribution in [1.29, 1.82) is 0 Å². The van der Waals surface area contributed by atoms with E-state index in [0.717, 1.165) is 36.8 Å². The standard InChI is InChI=1S/C19H26N4OS/c1-13(2)23-12-21-16-7-8-22(11-14-5-6-14)18(17(16)23)19(24)20-10-15-4-3-9-25-15/h3-4,9,12-14,18H,5-8,10-11H2,1-2H3,(H,20,24)/t18-/m1/s1. The van der Waals surface area contributed by atoms with Gasteiger partial charge in [0.2, 0.25) is 5.91 Å². The van der Waals surface area contributed by atoms with Gasteiger partial charge in [-0.15, -0.1) is 11.3 Å². The van der Waals surface area contributed by atoms with Crippen LogP contribution in [-0.4, -0.2) is 33.4 Å². The monoisotopic (exact) mass is 358 g/mol. The van der Waals surface area contributed by atoms with Gasteiger partial charge < -0.3 is 9.88 Å². The average Bonchev–Trinajstić information content (AvgIpc) is 3.10. The number of carbonyl (C=O) groups is 1. The number of nitrogens with zero attached hydrogens (tertiary/aromatic N) is 3. The van der Waals surface area contributed by atoms with Gasteiger partial charge in [0, 0.05) is 30.4 Å². The first-order chi connectivity index (χ1) is 12.1. The van der Waals surface area contributed by atoms with Gasteiger partial charge >= 0.3 is 0 Å². The zero-order valence-electron chi connectivity index (χ0n) is 14.9. The number of amides is 1. The van der Waals surface area contributed by atoms with Crippen LogP contribution in [-0.2, 0) is 17.8 Å². The highest BCUT2D eigenvalue weighted by molar-refractivity contribution is 7.09. The van der Waals surface area contributed by atoms with Gasteiger partial charge in [0.1, 0.15) is 6.04 Å². The van der Waals surface area contributed by atoms with Crippen molar-refractivity contribution in [2.24, 2.45) is 5.92 Å². The van der Waals surface area contributed by atoms with Crippen LogP contribution >= 0.6 is 11.3 Å². The van der Waals surface area contributed by atoms with E-state index in [9.17, 15) is 4.79 Å². The Morgan fingerprint density at radius 3 is 2.96 bits per heavy atom. The van der Waals surface area contributed by atoms with Gasteiger partial charge in [-0.25, -0.2) is 4.98 Å². The molecule has 2 aliphatic rings. The number of hydrogen-bond donors (Lipinski definition) is 1. The third-order valence-electron chi connectivity index (χ3n) is 5.18. The third kappa shape index (κ3) is 3.51. The highest BCUT2D eigenvalue weighted by Crippen LogP contribution is 2.36. The average molecular weight is 359 g/mol. The normalized spacial score (nSPS) is 20.7. The largest absolute Gasteiger partial charge is 0.349 e. The molecule has 1 fully saturated rings. The maximum Gasteiger partial charge on any atom is 0.243 e. The molecule has 0 spiro atoms. The molecule has 1 aliphatic carbocycles. The van der Waals surface area contributed by atoms with Crippen molar-refractivity contribution < 1.29 is 4.79 Å². The molecular weight excluding hydrogens is 332 g/mol. The fraction of sp³-hybridized carbons (Fsp3) is 0.579. The number of imidazole rings is 1. The third-order valence-corrected chi connectivity index (χ3v) is 6.06. The van der Waals surface area contributed by atoms with Crippen molar-refractivity contribution in [2.75, 3.05) is 13.1 Å². The topological polar surface area (TPSA) is 50.2 Å². The van der Waals surface area contributed by atoms with Gasteiger partial charge in [-0.3, -0.25) is 9.69 Å². The minimum absolute atomic E-state index is 0.109. The van der Waals surface area contributed by atoms with Crippen molar-refractivity contribution >= 4 is 17.2 Å². The molecule has 1 aliphatic heterocycles. The first-order valence-corrected chi connectivity index (χ1v) is 10.1. The van der Waals surface area contributed by atoms with E-state index in [0.29, 0.717) is 12.6 Å². The molecule has 25 heavy (non-hydrogen) atoms. The summed E-state index contributed by atoms with van der Waals surface area (Å²) < 4.78 is 2.18. The molecule has 134 valence electrons. The Kier molecular flexibility index (Phi) is 4.65. The second-order valence-electron chi connectivity index (χ2n) is 7.47. The van der Waals surface area contributed by atoms with Gasteiger partial charge in [0.15, 0.2) is 0 Å². The fourth-order valence-electron chi connectivity index (χ4n) is 3.67. The lowest BCUT2D eigenvalue weighted by Crippen LogP contribution is -2.46. The molecule has 1 saturated carbocycles. The number of thiophene rings is 1. The molecular formula is C19H26N4OS. The van der Waals surface area contributed by atoms with E-state index < -0.39 is 0 Å². The van der Waals surface area contributed by atoms with Gasteiger partial charge in [-0.1, -0.05) is 6.07 Å². The van der Waals surface area contributed by atoms with E-state index in [2.05, 4.69) is 39.7 Å². The molecule has 0 bridgehead atoms. The molecule has 6 heteroatoms. The van der Waals surface area contributed by atoms with Gasteiger partial charge in [0.05, 0.1) is 24.3 Å². The number of fused-ring (bicyclic) bond motifs is 1. The summed E-state index contributed by atoms with van der Waals surface area (Å²) >= 11 is 1.68. The quantitative estimate of drug-likeness (QED) is 0.863. The molecule has 0 aromatic carbocycles. The minimum Gasteiger partial charge on any atom is -0.349 e. The summed E-state index contributed by atoms with van der Waals surface area (Å²) in [6.45, 7) is 6.87. The fourth-order valence-corrected chi connectivity index (χ4v) is 4.31. The Bertz CT molecular complexity index is 733. The minimum atomic E-state index is -0.214. The lowest BCUT2D eigenvalue weighted by Gasteiger charge is -2.36. The number of carbonyl (C=O) groups excluding carboxylic acids is 1. The van der Waals surface area contributed by atoms with Crippen LogP contribution in [0.15, 0.2) is 23.8 Å². The maximum atomic E-state index is 13.2. The van der Waals surface area contributed by atoms with E-state index in [4.69, 9.17) is 0 Å². The zero-order valence-corrected chi connectivity index (χ0v) is 15.8. The second-order valence-corrected chi connectivity index (χ2v) is 8.50. The van der Waals surface area contributed by atoms with Gasteiger partial charge in [-0.05, 0) is 44.1 Å². The van der Waals surface area contributed by atoms with Crippen molar-refractivity contribution in [3.8, 4) is 0 Å². The van der Waals surface area contributed by atoms with Crippen LogP contribution in [0.25, 0.3) is 0 Å². The molecule has 2 aromatic heterocycles. The number of aromatic nitrogens is 2. The summed E-state index contributed by atoms with van der Waals surface area (Å²) in [5, 5.41) is 5.21. The van der Waals surface area contributed by atoms with Crippen LogP contribution in [0, 0.1) is 5.92 Å². The Morgan fingerprint density at radius 1 is 1.44 bits per heavy atom. The predicted molar refractivity (Wildman–Crippen MR) is 99.5 cm³/mol. The van der Waals surface area contributed by atoms with Crippen LogP contribution in [0.1, 0.15) is 55.0 Å². The van der Waals surface area contributed by atoms with Crippen molar-refractivity contribution in [3.63, 3.8) is 0 Å². The second kappa shape index (κ2) is 6.92. The molecule has 2 aromatic rings. The SMILES string of the molecule is CC(C)n1cnc2c1[C@H](C(=O)NCc1cccs1)N(CC1CC1)CC2. The molecule has 4 rings (SSSR count). The molecule has 0 unspecified atom stereocenters. The zero-order chi connectivity index (χ0) is 17.4. The highest BCUT2D eigenvalue weighted by Gasteiger charge is 2.39. The van der Waals surface area contributed by atoms with Crippen molar-refractivity contribution in [3.05, 3.63) is 40.1 Å². The molecule has 3 heterocycles. The van der Waals surface area contributed by atoms with Crippen LogP contribution in [0.4, 0.5) is 0 Å². The summed E-state index contributed by atoms with van der Waals surface area (Å²) in [5.74, 6) is 0.877. The lowest BCUT2D eigenvalue weighted by molar-refractivity contribution is -0.127. The summed E-state index contributed by atoms with van der Waals surface area (Å²) in [4.78, 5) is 21.3. The van der Waals surface area contributed by atoms with Crippen molar-refractivity contribution in [2.45, 2.75) is 51.7 Å². The summed E-state index contributed by atoms with van der Waals surface area (Å²) in [6.07, 6.45) is 5.46. The molecule has 0 saturated heterocycles. The first kappa shape index (κ1) is 16.8. The van der Waals surface area contributed by atoms with Crippen LogP contribution in [0.2, 0.25) is 0 Å². The summed E-state index contributed by atoms with van der Waals surface area (Å²) in [7, 11) is 0. The predicted octanol–water partition coefficient (Wildman–Crippen LogP) is 3.15. The molecule has 1 atom stereocenters.